The molecule has 2 aliphatic rings. The molecule has 1 aliphatic carbocycles. The Morgan fingerprint density at radius 3 is 2.53 bits per heavy atom. The highest BCUT2D eigenvalue weighted by Crippen LogP contribution is 2.24. The summed E-state index contributed by atoms with van der Waals surface area (Å²) in [6, 6.07) is 0.743. The highest BCUT2D eigenvalue weighted by atomic mass is 15.1. The smallest absolute Gasteiger partial charge is 0.0197 e. The van der Waals surface area contributed by atoms with E-state index in [1.54, 1.807) is 0 Å². The summed E-state index contributed by atoms with van der Waals surface area (Å²) in [5, 5.41) is 3.68. The third-order valence-corrected chi connectivity index (χ3v) is 4.58. The van der Waals surface area contributed by atoms with Gasteiger partial charge in [-0.3, -0.25) is 0 Å². The minimum atomic E-state index is 0.743. The van der Waals surface area contributed by atoms with Gasteiger partial charge in [0.05, 0.1) is 0 Å². The van der Waals surface area contributed by atoms with E-state index in [9.17, 15) is 0 Å². The first-order chi connectivity index (χ1) is 8.24. The first-order valence-corrected chi connectivity index (χ1v) is 7.66. The number of rotatable bonds is 4. The summed E-state index contributed by atoms with van der Waals surface area (Å²) < 4.78 is 0. The first kappa shape index (κ1) is 13.4. The largest absolute Gasteiger partial charge is 0.313 e. The van der Waals surface area contributed by atoms with Gasteiger partial charge >= 0.3 is 0 Å². The highest BCUT2D eigenvalue weighted by molar-refractivity contribution is 4.79. The molecule has 1 saturated heterocycles. The van der Waals surface area contributed by atoms with Crippen LogP contribution in [-0.2, 0) is 0 Å². The van der Waals surface area contributed by atoms with Gasteiger partial charge in [0.2, 0.25) is 0 Å². The van der Waals surface area contributed by atoms with Crippen LogP contribution in [0.3, 0.4) is 0 Å². The van der Waals surface area contributed by atoms with Gasteiger partial charge in [0.15, 0.2) is 0 Å². The maximum Gasteiger partial charge on any atom is 0.0197 e. The van der Waals surface area contributed by atoms with Crippen molar-refractivity contribution in [3.8, 4) is 0 Å². The SMILES string of the molecule is CC1CCNC(CN(C)CC2CCCCC2)C1. The van der Waals surface area contributed by atoms with Crippen molar-refractivity contribution in [1.82, 2.24) is 10.2 Å². The lowest BCUT2D eigenvalue weighted by Gasteiger charge is -2.33. The Labute approximate surface area is 107 Å². The summed E-state index contributed by atoms with van der Waals surface area (Å²) >= 11 is 0. The second-order valence-electron chi connectivity index (χ2n) is 6.51. The summed E-state index contributed by atoms with van der Waals surface area (Å²) in [5.74, 6) is 1.90. The van der Waals surface area contributed by atoms with Crippen LogP contribution < -0.4 is 5.32 Å². The van der Waals surface area contributed by atoms with Crippen LogP contribution in [0.15, 0.2) is 0 Å². The molecule has 17 heavy (non-hydrogen) atoms. The fraction of sp³-hybridized carbons (Fsp3) is 1.00. The molecule has 1 N–H and O–H groups in total. The molecule has 1 heterocycles. The van der Waals surface area contributed by atoms with Crippen LogP contribution in [0.25, 0.3) is 0 Å². The Kier molecular flexibility index (Phi) is 5.30. The molecule has 0 aromatic heterocycles. The summed E-state index contributed by atoms with van der Waals surface area (Å²) in [6.45, 7) is 6.20. The lowest BCUT2D eigenvalue weighted by atomic mass is 9.88. The zero-order valence-electron chi connectivity index (χ0n) is 11.8. The molecule has 0 radical (unpaired) electrons. The molecule has 2 fully saturated rings. The van der Waals surface area contributed by atoms with Gasteiger partial charge in [0, 0.05) is 19.1 Å². The van der Waals surface area contributed by atoms with Crippen molar-refractivity contribution in [3.05, 3.63) is 0 Å². The van der Waals surface area contributed by atoms with Crippen LogP contribution >= 0.6 is 0 Å². The number of nitrogens with one attached hydrogen (secondary N) is 1. The van der Waals surface area contributed by atoms with Crippen molar-refractivity contribution in [2.45, 2.75) is 57.9 Å². The maximum absolute atomic E-state index is 3.68. The minimum absolute atomic E-state index is 0.743. The molecular formula is C15H30N2. The predicted molar refractivity (Wildman–Crippen MR) is 74.3 cm³/mol. The highest BCUT2D eigenvalue weighted by Gasteiger charge is 2.21. The van der Waals surface area contributed by atoms with Crippen molar-refractivity contribution in [2.24, 2.45) is 11.8 Å². The van der Waals surface area contributed by atoms with E-state index in [0.29, 0.717) is 0 Å². The second kappa shape index (κ2) is 6.75. The van der Waals surface area contributed by atoms with E-state index in [1.165, 1.54) is 64.6 Å². The topological polar surface area (TPSA) is 15.3 Å². The fourth-order valence-corrected chi connectivity index (χ4v) is 3.62. The summed E-state index contributed by atoms with van der Waals surface area (Å²) in [6.07, 6.45) is 10.1. The second-order valence-corrected chi connectivity index (χ2v) is 6.51. The van der Waals surface area contributed by atoms with E-state index in [4.69, 9.17) is 0 Å². The van der Waals surface area contributed by atoms with Gasteiger partial charge in [-0.1, -0.05) is 26.2 Å². The van der Waals surface area contributed by atoms with Crippen LogP contribution in [0.5, 0.6) is 0 Å². The van der Waals surface area contributed by atoms with Crippen molar-refractivity contribution >= 4 is 0 Å². The van der Waals surface area contributed by atoms with Gasteiger partial charge < -0.3 is 10.2 Å². The molecule has 2 rings (SSSR count). The molecule has 0 aromatic rings. The molecule has 0 amide bonds. The average molecular weight is 238 g/mol. The first-order valence-electron chi connectivity index (χ1n) is 7.66. The predicted octanol–water partition coefficient (Wildman–Crippen LogP) is 2.89. The van der Waals surface area contributed by atoms with E-state index in [-0.39, 0.29) is 0 Å². The number of hydrogen-bond donors (Lipinski definition) is 1. The van der Waals surface area contributed by atoms with Gasteiger partial charge in [0.1, 0.15) is 0 Å². The van der Waals surface area contributed by atoms with Gasteiger partial charge in [-0.25, -0.2) is 0 Å². The number of likely N-dealkylation sites (N-methyl/N-ethyl adjacent to an activating group) is 1. The zero-order chi connectivity index (χ0) is 12.1. The summed E-state index contributed by atoms with van der Waals surface area (Å²) in [4.78, 5) is 2.58. The van der Waals surface area contributed by atoms with E-state index in [0.717, 1.165) is 17.9 Å². The molecule has 0 spiro atoms. The van der Waals surface area contributed by atoms with Gasteiger partial charge in [0.25, 0.3) is 0 Å². The number of nitrogens with zero attached hydrogens (tertiary/aromatic N) is 1. The van der Waals surface area contributed by atoms with E-state index in [2.05, 4.69) is 24.2 Å². The Morgan fingerprint density at radius 1 is 1.06 bits per heavy atom. The lowest BCUT2D eigenvalue weighted by molar-refractivity contribution is 0.193. The fourth-order valence-electron chi connectivity index (χ4n) is 3.62. The van der Waals surface area contributed by atoms with Crippen molar-refractivity contribution < 1.29 is 0 Å². The summed E-state index contributed by atoms with van der Waals surface area (Å²) in [5.41, 5.74) is 0. The maximum atomic E-state index is 3.68. The normalized spacial score (nSPS) is 31.9. The minimum Gasteiger partial charge on any atom is -0.313 e. The van der Waals surface area contributed by atoms with Crippen LogP contribution in [-0.4, -0.2) is 37.6 Å². The Balaban J connectivity index is 1.66. The average Bonchev–Trinajstić information content (AvgIpc) is 2.30. The van der Waals surface area contributed by atoms with E-state index >= 15 is 0 Å². The van der Waals surface area contributed by atoms with Crippen molar-refractivity contribution in [1.29, 1.82) is 0 Å². The van der Waals surface area contributed by atoms with Crippen molar-refractivity contribution in [3.63, 3.8) is 0 Å². The number of hydrogen-bond acceptors (Lipinski definition) is 2. The standard InChI is InChI=1S/C15H30N2/c1-13-8-9-16-15(10-13)12-17(2)11-14-6-4-3-5-7-14/h13-16H,3-12H2,1-2H3. The van der Waals surface area contributed by atoms with Crippen LogP contribution in [0.2, 0.25) is 0 Å². The molecule has 1 aliphatic heterocycles. The Bertz CT molecular complexity index is 211. The third-order valence-electron chi connectivity index (χ3n) is 4.58. The van der Waals surface area contributed by atoms with E-state index < -0.39 is 0 Å². The molecule has 0 bridgehead atoms. The van der Waals surface area contributed by atoms with Crippen LogP contribution in [0, 0.1) is 11.8 Å². The molecule has 2 heteroatoms. The Hall–Kier alpha value is -0.0800. The van der Waals surface area contributed by atoms with Gasteiger partial charge in [-0.05, 0) is 51.1 Å². The van der Waals surface area contributed by atoms with E-state index in [1.807, 2.05) is 0 Å². The molecule has 1 saturated carbocycles. The van der Waals surface area contributed by atoms with Crippen molar-refractivity contribution in [2.75, 3.05) is 26.7 Å². The summed E-state index contributed by atoms with van der Waals surface area (Å²) in [7, 11) is 2.32. The molecule has 2 unspecified atom stereocenters. The third kappa shape index (κ3) is 4.59. The molecule has 2 nitrogen and oxygen atoms in total. The molecular weight excluding hydrogens is 208 g/mol. The lowest BCUT2D eigenvalue weighted by Crippen LogP contribution is -2.45. The zero-order valence-corrected chi connectivity index (χ0v) is 11.8. The quantitative estimate of drug-likeness (QED) is 0.810. The van der Waals surface area contributed by atoms with Gasteiger partial charge in [-0.15, -0.1) is 0 Å². The number of piperidine rings is 1. The molecule has 2 atom stereocenters. The Morgan fingerprint density at radius 2 is 1.82 bits per heavy atom. The van der Waals surface area contributed by atoms with Crippen LogP contribution in [0.4, 0.5) is 0 Å². The molecule has 0 aromatic carbocycles. The molecule has 100 valence electrons. The monoisotopic (exact) mass is 238 g/mol. The van der Waals surface area contributed by atoms with Gasteiger partial charge in [-0.2, -0.15) is 0 Å². The van der Waals surface area contributed by atoms with Crippen LogP contribution in [0.1, 0.15) is 51.9 Å².